The zero-order valence-electron chi connectivity index (χ0n) is 12.3. The Bertz CT molecular complexity index is 866. The molecule has 0 bridgehead atoms. The van der Waals surface area contributed by atoms with Gasteiger partial charge in [0.1, 0.15) is 4.90 Å². The van der Waals surface area contributed by atoms with Crippen molar-refractivity contribution >= 4 is 26.8 Å². The fourth-order valence-corrected chi connectivity index (χ4v) is 4.51. The molecule has 2 aromatic rings. The van der Waals surface area contributed by atoms with Crippen molar-refractivity contribution in [2.45, 2.75) is 17.7 Å². The van der Waals surface area contributed by atoms with Gasteiger partial charge in [0, 0.05) is 18.5 Å². The van der Waals surface area contributed by atoms with Gasteiger partial charge in [-0.3, -0.25) is 4.79 Å². The number of carboxylic acid groups (broad SMARTS) is 1. The predicted octanol–water partition coefficient (Wildman–Crippen LogP) is 2.46. The van der Waals surface area contributed by atoms with Gasteiger partial charge in [0.25, 0.3) is 0 Å². The molecule has 1 fully saturated rings. The highest BCUT2D eigenvalue weighted by Crippen LogP contribution is 2.29. The van der Waals surface area contributed by atoms with Gasteiger partial charge in [-0.05, 0) is 24.3 Å². The number of nitrogens with zero attached hydrogens (tertiary/aromatic N) is 1. The molecular weight excluding hydrogens is 321 g/mol. The highest BCUT2D eigenvalue weighted by Gasteiger charge is 2.34. The molecule has 1 N–H and O–H groups in total. The Balaban J connectivity index is 2.03. The Morgan fingerprint density at radius 2 is 1.96 bits per heavy atom. The van der Waals surface area contributed by atoms with Gasteiger partial charge in [0.2, 0.25) is 10.0 Å². The van der Waals surface area contributed by atoms with Crippen molar-refractivity contribution in [3.63, 3.8) is 0 Å². The quantitative estimate of drug-likeness (QED) is 0.934. The van der Waals surface area contributed by atoms with E-state index in [-0.39, 0.29) is 18.5 Å². The molecule has 0 radical (unpaired) electrons. The normalized spacial score (nSPS) is 19.8. The third-order valence-corrected chi connectivity index (χ3v) is 6.06. The minimum absolute atomic E-state index is 0.121. The maximum absolute atomic E-state index is 14.7. The van der Waals surface area contributed by atoms with E-state index in [4.69, 9.17) is 5.11 Å². The van der Waals surface area contributed by atoms with Gasteiger partial charge in [-0.2, -0.15) is 4.31 Å². The Morgan fingerprint density at radius 1 is 1.22 bits per heavy atom. The number of aliphatic carboxylic acids is 1. The average molecular weight is 337 g/mol. The molecule has 3 rings (SSSR count). The van der Waals surface area contributed by atoms with Gasteiger partial charge in [-0.25, -0.2) is 12.8 Å². The molecule has 122 valence electrons. The van der Waals surface area contributed by atoms with Gasteiger partial charge in [0.15, 0.2) is 5.82 Å². The minimum Gasteiger partial charge on any atom is -0.481 e. The molecule has 0 spiro atoms. The summed E-state index contributed by atoms with van der Waals surface area (Å²) in [6, 6.07) is 9.43. The second kappa shape index (κ2) is 5.90. The second-order valence-corrected chi connectivity index (χ2v) is 7.55. The van der Waals surface area contributed by atoms with Crippen molar-refractivity contribution in [3.8, 4) is 0 Å². The monoisotopic (exact) mass is 337 g/mol. The summed E-state index contributed by atoms with van der Waals surface area (Å²) < 4.78 is 41.2. The van der Waals surface area contributed by atoms with Crippen molar-refractivity contribution in [1.29, 1.82) is 0 Å². The Labute approximate surface area is 133 Å². The number of halogens is 1. The number of rotatable bonds is 3. The average Bonchev–Trinajstić information content (AvgIpc) is 2.55. The number of hydrogen-bond donors (Lipinski definition) is 1. The molecule has 0 saturated carbocycles. The van der Waals surface area contributed by atoms with Gasteiger partial charge in [0.05, 0.1) is 5.92 Å². The van der Waals surface area contributed by atoms with Gasteiger partial charge < -0.3 is 5.11 Å². The molecule has 0 aliphatic carbocycles. The van der Waals surface area contributed by atoms with Gasteiger partial charge >= 0.3 is 5.97 Å². The number of benzene rings is 2. The molecule has 1 aliphatic heterocycles. The Morgan fingerprint density at radius 3 is 2.70 bits per heavy atom. The van der Waals surface area contributed by atoms with Crippen LogP contribution >= 0.6 is 0 Å². The topological polar surface area (TPSA) is 74.7 Å². The molecule has 1 unspecified atom stereocenters. The molecule has 1 aliphatic rings. The van der Waals surface area contributed by atoms with Gasteiger partial charge in [-0.1, -0.05) is 30.3 Å². The van der Waals surface area contributed by atoms with Crippen LogP contribution < -0.4 is 0 Å². The minimum atomic E-state index is -4.06. The molecule has 0 aromatic heterocycles. The molecule has 23 heavy (non-hydrogen) atoms. The lowest BCUT2D eigenvalue weighted by molar-refractivity contribution is -0.142. The van der Waals surface area contributed by atoms with E-state index in [2.05, 4.69) is 0 Å². The number of fused-ring (bicyclic) bond motifs is 1. The smallest absolute Gasteiger partial charge is 0.307 e. The van der Waals surface area contributed by atoms with Crippen LogP contribution in [0, 0.1) is 11.7 Å². The summed E-state index contributed by atoms with van der Waals surface area (Å²) in [5.74, 6) is -2.56. The summed E-state index contributed by atoms with van der Waals surface area (Å²) in [5, 5.41) is 9.95. The number of sulfonamides is 1. The Hall–Kier alpha value is -1.99. The maximum Gasteiger partial charge on any atom is 0.307 e. The van der Waals surface area contributed by atoms with Crippen molar-refractivity contribution in [2.24, 2.45) is 5.92 Å². The van der Waals surface area contributed by atoms with Crippen LogP contribution in [0.2, 0.25) is 0 Å². The summed E-state index contributed by atoms with van der Waals surface area (Å²) in [4.78, 5) is 10.7. The molecule has 1 atom stereocenters. The summed E-state index contributed by atoms with van der Waals surface area (Å²) in [7, 11) is -4.06. The first-order valence-electron chi connectivity index (χ1n) is 7.31. The number of carbonyl (C=O) groups is 1. The maximum atomic E-state index is 14.7. The summed E-state index contributed by atoms with van der Waals surface area (Å²) >= 11 is 0. The van der Waals surface area contributed by atoms with E-state index in [0.717, 1.165) is 4.31 Å². The van der Waals surface area contributed by atoms with Crippen molar-refractivity contribution in [3.05, 3.63) is 42.2 Å². The first-order valence-corrected chi connectivity index (χ1v) is 8.75. The highest BCUT2D eigenvalue weighted by atomic mass is 32.2. The first kappa shape index (κ1) is 15.9. The third-order valence-electron chi connectivity index (χ3n) is 4.18. The van der Waals surface area contributed by atoms with Crippen LogP contribution in [0.25, 0.3) is 10.8 Å². The first-order chi connectivity index (χ1) is 10.9. The lowest BCUT2D eigenvalue weighted by Crippen LogP contribution is -2.42. The zero-order valence-corrected chi connectivity index (χ0v) is 13.1. The van der Waals surface area contributed by atoms with Gasteiger partial charge in [-0.15, -0.1) is 0 Å². The van der Waals surface area contributed by atoms with Crippen molar-refractivity contribution in [2.75, 3.05) is 13.1 Å². The van der Waals surface area contributed by atoms with Crippen molar-refractivity contribution < 1.29 is 22.7 Å². The lowest BCUT2D eigenvalue weighted by atomic mass is 10.0. The second-order valence-electron chi connectivity index (χ2n) is 5.64. The van der Waals surface area contributed by atoms with Crippen LogP contribution in [0.5, 0.6) is 0 Å². The SMILES string of the molecule is O=C(O)C1CCCN(S(=O)(=O)c2ccc3ccccc3c2F)C1. The zero-order chi connectivity index (χ0) is 16.6. The molecule has 7 heteroatoms. The Kier molecular flexibility index (Phi) is 4.08. The summed E-state index contributed by atoms with van der Waals surface area (Å²) in [5.41, 5.74) is 0. The van der Waals surface area contributed by atoms with E-state index >= 15 is 0 Å². The largest absolute Gasteiger partial charge is 0.481 e. The molecular formula is C16H16FNO4S. The standard InChI is InChI=1S/C16H16FNO4S/c17-15-13-6-2-1-4-11(13)7-8-14(15)23(21,22)18-9-3-5-12(10-18)16(19)20/h1-2,4,6-8,12H,3,5,9-10H2,(H,19,20). The highest BCUT2D eigenvalue weighted by molar-refractivity contribution is 7.89. The fourth-order valence-electron chi connectivity index (χ4n) is 2.91. The number of piperidine rings is 1. The van der Waals surface area contributed by atoms with E-state index in [1.165, 1.54) is 12.1 Å². The van der Waals surface area contributed by atoms with Crippen LogP contribution in [0.15, 0.2) is 41.3 Å². The predicted molar refractivity (Wildman–Crippen MR) is 83.0 cm³/mol. The van der Waals surface area contributed by atoms with Crippen LogP contribution in [0.1, 0.15) is 12.8 Å². The molecule has 5 nitrogen and oxygen atoms in total. The van der Waals surface area contributed by atoms with Crippen LogP contribution in [-0.2, 0) is 14.8 Å². The van der Waals surface area contributed by atoms with Crippen molar-refractivity contribution in [1.82, 2.24) is 4.31 Å². The van der Waals surface area contributed by atoms with Crippen LogP contribution in [0.4, 0.5) is 4.39 Å². The van der Waals surface area contributed by atoms with E-state index in [1.54, 1.807) is 24.3 Å². The summed E-state index contributed by atoms with van der Waals surface area (Å²) in [6.07, 6.45) is 0.882. The van der Waals surface area contributed by atoms with E-state index in [0.29, 0.717) is 18.2 Å². The molecule has 2 aromatic carbocycles. The van der Waals surface area contributed by atoms with E-state index < -0.39 is 32.6 Å². The van der Waals surface area contributed by atoms with Crippen LogP contribution in [0.3, 0.4) is 0 Å². The number of hydrogen-bond acceptors (Lipinski definition) is 3. The number of carboxylic acids is 1. The lowest BCUT2D eigenvalue weighted by Gasteiger charge is -2.30. The summed E-state index contributed by atoms with van der Waals surface area (Å²) in [6.45, 7) is 0.0856. The van der Waals surface area contributed by atoms with E-state index in [1.807, 2.05) is 0 Å². The molecule has 0 amide bonds. The molecule has 1 heterocycles. The molecule has 1 saturated heterocycles. The fraction of sp³-hybridized carbons (Fsp3) is 0.312. The third kappa shape index (κ3) is 2.82. The van der Waals surface area contributed by atoms with E-state index in [9.17, 15) is 17.6 Å². The van der Waals surface area contributed by atoms with Crippen LogP contribution in [-0.4, -0.2) is 36.9 Å².